The zero-order chi connectivity index (χ0) is 16.4. The molecule has 3 rings (SSSR count). The van der Waals surface area contributed by atoms with Gasteiger partial charge in [-0.1, -0.05) is 23.2 Å². The topological polar surface area (TPSA) is 58.6 Å². The molecule has 0 unspecified atom stereocenters. The minimum atomic E-state index is -0.340. The number of amides is 2. The molecule has 7 heteroatoms. The Kier molecular flexibility index (Phi) is 4.80. The molecule has 1 saturated carbocycles. The molecule has 1 aromatic carbocycles. The normalized spacial score (nSPS) is 19.3. The average Bonchev–Trinajstić information content (AvgIpc) is 2.53. The molecular formula is C16H18Cl2N2O3. The first-order valence-electron chi connectivity index (χ1n) is 7.63. The first-order valence-corrected chi connectivity index (χ1v) is 8.39. The van der Waals surface area contributed by atoms with Gasteiger partial charge < -0.3 is 15.0 Å². The summed E-state index contributed by atoms with van der Waals surface area (Å²) in [7, 11) is 0. The van der Waals surface area contributed by atoms with Crippen molar-refractivity contribution in [3.8, 4) is 0 Å². The Morgan fingerprint density at radius 1 is 1.26 bits per heavy atom. The minimum Gasteiger partial charge on any atom is -0.377 e. The second kappa shape index (κ2) is 6.67. The minimum absolute atomic E-state index is 0.0270. The third-order valence-corrected chi connectivity index (χ3v) is 5.31. The van der Waals surface area contributed by atoms with Gasteiger partial charge in [0, 0.05) is 12.1 Å². The standard InChI is InChI=1S/C16H18Cl2N2O3/c17-12-3-2-11(8-13(12)18)15(22)19-9-14(21)20-6-7-23-10-16(20)4-1-5-16/h2-3,8H,1,4-7,9-10H2,(H,19,22). The van der Waals surface area contributed by atoms with Crippen molar-refractivity contribution in [1.29, 1.82) is 0 Å². The first-order chi connectivity index (χ1) is 11.0. The van der Waals surface area contributed by atoms with Gasteiger partial charge >= 0.3 is 0 Å². The van der Waals surface area contributed by atoms with Crippen LogP contribution in [0.2, 0.25) is 10.0 Å². The summed E-state index contributed by atoms with van der Waals surface area (Å²) >= 11 is 11.7. The molecule has 23 heavy (non-hydrogen) atoms. The summed E-state index contributed by atoms with van der Waals surface area (Å²) in [5.74, 6) is -0.408. The van der Waals surface area contributed by atoms with Crippen LogP contribution < -0.4 is 5.32 Å². The van der Waals surface area contributed by atoms with Crippen LogP contribution in [0, 0.1) is 0 Å². The summed E-state index contributed by atoms with van der Waals surface area (Å²) in [6.07, 6.45) is 3.06. The molecule has 2 amide bonds. The molecule has 1 saturated heterocycles. The highest BCUT2D eigenvalue weighted by molar-refractivity contribution is 6.42. The van der Waals surface area contributed by atoms with Crippen molar-refractivity contribution in [3.05, 3.63) is 33.8 Å². The monoisotopic (exact) mass is 356 g/mol. The Bertz CT molecular complexity index is 632. The maximum absolute atomic E-state index is 12.5. The van der Waals surface area contributed by atoms with Gasteiger partial charge in [0.25, 0.3) is 5.91 Å². The molecule has 1 aromatic rings. The second-order valence-electron chi connectivity index (χ2n) is 5.99. The van der Waals surface area contributed by atoms with Crippen molar-refractivity contribution in [2.24, 2.45) is 0 Å². The zero-order valence-corrected chi connectivity index (χ0v) is 14.1. The fourth-order valence-electron chi connectivity index (χ4n) is 3.11. The molecule has 1 spiro atoms. The van der Waals surface area contributed by atoms with Crippen LogP contribution in [0.25, 0.3) is 0 Å². The molecule has 1 aliphatic heterocycles. The number of benzene rings is 1. The molecule has 1 aliphatic carbocycles. The van der Waals surface area contributed by atoms with Crippen LogP contribution in [-0.4, -0.2) is 48.6 Å². The van der Waals surface area contributed by atoms with E-state index in [4.69, 9.17) is 27.9 Å². The van der Waals surface area contributed by atoms with Crippen LogP contribution in [0.5, 0.6) is 0 Å². The molecule has 1 heterocycles. The first kappa shape index (κ1) is 16.6. The van der Waals surface area contributed by atoms with Crippen molar-refractivity contribution in [3.63, 3.8) is 0 Å². The van der Waals surface area contributed by atoms with E-state index >= 15 is 0 Å². The summed E-state index contributed by atoms with van der Waals surface area (Å²) in [6.45, 7) is 1.70. The van der Waals surface area contributed by atoms with Crippen molar-refractivity contribution < 1.29 is 14.3 Å². The van der Waals surface area contributed by atoms with Crippen molar-refractivity contribution >= 4 is 35.0 Å². The lowest BCUT2D eigenvalue weighted by Gasteiger charge is -2.52. The van der Waals surface area contributed by atoms with Crippen LogP contribution >= 0.6 is 23.2 Å². The lowest BCUT2D eigenvalue weighted by atomic mass is 9.75. The molecule has 0 aromatic heterocycles. The number of rotatable bonds is 3. The molecule has 2 fully saturated rings. The van der Waals surface area contributed by atoms with Crippen LogP contribution in [0.1, 0.15) is 29.6 Å². The van der Waals surface area contributed by atoms with E-state index in [0.717, 1.165) is 19.3 Å². The molecule has 0 atom stereocenters. The van der Waals surface area contributed by atoms with Gasteiger partial charge in [-0.05, 0) is 37.5 Å². The Hall–Kier alpha value is -1.30. The lowest BCUT2D eigenvalue weighted by Crippen LogP contribution is -2.64. The summed E-state index contributed by atoms with van der Waals surface area (Å²) in [5, 5.41) is 3.36. The van der Waals surface area contributed by atoms with E-state index in [1.54, 1.807) is 12.1 Å². The van der Waals surface area contributed by atoms with Crippen LogP contribution in [0.3, 0.4) is 0 Å². The largest absolute Gasteiger partial charge is 0.377 e. The van der Waals surface area contributed by atoms with Crippen molar-refractivity contribution in [2.45, 2.75) is 24.8 Å². The van der Waals surface area contributed by atoms with Crippen LogP contribution in [0.4, 0.5) is 0 Å². The highest BCUT2D eigenvalue weighted by atomic mass is 35.5. The van der Waals surface area contributed by atoms with Gasteiger partial charge in [-0.25, -0.2) is 0 Å². The smallest absolute Gasteiger partial charge is 0.251 e. The summed E-state index contributed by atoms with van der Waals surface area (Å²) < 4.78 is 5.52. The maximum Gasteiger partial charge on any atom is 0.251 e. The van der Waals surface area contributed by atoms with Crippen molar-refractivity contribution in [2.75, 3.05) is 26.3 Å². The van der Waals surface area contributed by atoms with Gasteiger partial charge in [0.05, 0.1) is 35.3 Å². The van der Waals surface area contributed by atoms with E-state index in [0.29, 0.717) is 35.4 Å². The molecule has 2 aliphatic rings. The summed E-state index contributed by atoms with van der Waals surface area (Å²) in [6, 6.07) is 4.63. The Balaban J connectivity index is 1.59. The number of nitrogens with zero attached hydrogens (tertiary/aromatic N) is 1. The van der Waals surface area contributed by atoms with E-state index in [-0.39, 0.29) is 23.9 Å². The molecule has 0 radical (unpaired) electrons. The Labute approximate surface area is 144 Å². The number of carbonyl (C=O) groups is 2. The third-order valence-electron chi connectivity index (χ3n) is 4.57. The Morgan fingerprint density at radius 3 is 2.70 bits per heavy atom. The van der Waals surface area contributed by atoms with Gasteiger partial charge in [0.1, 0.15) is 0 Å². The van der Waals surface area contributed by atoms with Crippen molar-refractivity contribution in [1.82, 2.24) is 10.2 Å². The quantitative estimate of drug-likeness (QED) is 0.904. The number of hydrogen-bond donors (Lipinski definition) is 1. The predicted molar refractivity (Wildman–Crippen MR) is 87.9 cm³/mol. The molecule has 0 bridgehead atoms. The van der Waals surface area contributed by atoms with Gasteiger partial charge in [0.15, 0.2) is 0 Å². The number of ether oxygens (including phenoxy) is 1. The van der Waals surface area contributed by atoms with Crippen LogP contribution in [-0.2, 0) is 9.53 Å². The molecular weight excluding hydrogens is 339 g/mol. The van der Waals surface area contributed by atoms with E-state index in [2.05, 4.69) is 5.32 Å². The second-order valence-corrected chi connectivity index (χ2v) is 6.80. The number of morpholine rings is 1. The highest BCUT2D eigenvalue weighted by Crippen LogP contribution is 2.39. The number of halogens is 2. The number of nitrogens with one attached hydrogen (secondary N) is 1. The third kappa shape index (κ3) is 3.32. The molecule has 124 valence electrons. The van der Waals surface area contributed by atoms with E-state index in [1.807, 2.05) is 4.90 Å². The summed E-state index contributed by atoms with van der Waals surface area (Å²) in [4.78, 5) is 26.5. The average molecular weight is 357 g/mol. The maximum atomic E-state index is 12.5. The van der Waals surface area contributed by atoms with E-state index in [9.17, 15) is 9.59 Å². The summed E-state index contributed by atoms with van der Waals surface area (Å²) in [5.41, 5.74) is 0.233. The fraction of sp³-hybridized carbons (Fsp3) is 0.500. The number of carbonyl (C=O) groups excluding carboxylic acids is 2. The van der Waals surface area contributed by atoms with Gasteiger partial charge in [-0.3, -0.25) is 9.59 Å². The number of hydrogen-bond acceptors (Lipinski definition) is 3. The van der Waals surface area contributed by atoms with E-state index < -0.39 is 0 Å². The van der Waals surface area contributed by atoms with E-state index in [1.165, 1.54) is 6.07 Å². The SMILES string of the molecule is O=C(NCC(=O)N1CCOCC12CCC2)c1ccc(Cl)c(Cl)c1. The Morgan fingerprint density at radius 2 is 2.04 bits per heavy atom. The zero-order valence-electron chi connectivity index (χ0n) is 12.6. The predicted octanol–water partition coefficient (Wildman–Crippen LogP) is 2.50. The van der Waals surface area contributed by atoms with Crippen LogP contribution in [0.15, 0.2) is 18.2 Å². The van der Waals surface area contributed by atoms with Gasteiger partial charge in [0.2, 0.25) is 5.91 Å². The highest BCUT2D eigenvalue weighted by Gasteiger charge is 2.46. The lowest BCUT2D eigenvalue weighted by molar-refractivity contribution is -0.157. The van der Waals surface area contributed by atoms with Gasteiger partial charge in [-0.2, -0.15) is 0 Å². The van der Waals surface area contributed by atoms with Gasteiger partial charge in [-0.15, -0.1) is 0 Å². The fourth-order valence-corrected chi connectivity index (χ4v) is 3.41. The molecule has 5 nitrogen and oxygen atoms in total. The molecule has 1 N–H and O–H groups in total.